The van der Waals surface area contributed by atoms with Crippen molar-refractivity contribution in [2.45, 2.75) is 32.1 Å². The Labute approximate surface area is 116 Å². The third-order valence-corrected chi connectivity index (χ3v) is 3.54. The summed E-state index contributed by atoms with van der Waals surface area (Å²) in [5.41, 5.74) is -2.15. The van der Waals surface area contributed by atoms with Gasteiger partial charge in [0.2, 0.25) is 0 Å². The van der Waals surface area contributed by atoms with Crippen LogP contribution in [-0.4, -0.2) is 13.9 Å². The van der Waals surface area contributed by atoms with Crippen molar-refractivity contribution in [2.75, 3.05) is 0 Å². The van der Waals surface area contributed by atoms with E-state index in [-0.39, 0.29) is 5.69 Å². The lowest BCUT2D eigenvalue weighted by molar-refractivity contribution is -0.137. The first-order valence-corrected chi connectivity index (χ1v) is 6.50. The van der Waals surface area contributed by atoms with Crippen LogP contribution in [0, 0.1) is 0 Å². The molecule has 0 spiro atoms. The first-order chi connectivity index (χ1) is 9.89. The van der Waals surface area contributed by atoms with Crippen LogP contribution < -0.4 is 11.4 Å². The van der Waals surface area contributed by atoms with Crippen LogP contribution in [0.15, 0.2) is 33.9 Å². The predicted molar refractivity (Wildman–Crippen MR) is 68.5 cm³/mol. The lowest BCUT2D eigenvalue weighted by atomic mass is 10.2. The van der Waals surface area contributed by atoms with E-state index in [9.17, 15) is 22.8 Å². The molecule has 2 aromatic rings. The van der Waals surface area contributed by atoms with Gasteiger partial charge in [-0.1, -0.05) is 6.07 Å². The van der Waals surface area contributed by atoms with Crippen molar-refractivity contribution >= 4 is 0 Å². The van der Waals surface area contributed by atoms with E-state index in [1.807, 2.05) is 0 Å². The summed E-state index contributed by atoms with van der Waals surface area (Å²) in [5.74, 6) is 0. The summed E-state index contributed by atoms with van der Waals surface area (Å²) in [4.78, 5) is 24.4. The van der Waals surface area contributed by atoms with E-state index in [2.05, 4.69) is 0 Å². The highest BCUT2D eigenvalue weighted by Gasteiger charge is 2.31. The normalized spacial score (nSPS) is 15.0. The number of fused-ring (bicyclic) bond motifs is 1. The van der Waals surface area contributed by atoms with E-state index in [1.165, 1.54) is 21.5 Å². The fourth-order valence-electron chi connectivity index (χ4n) is 2.52. The Balaban J connectivity index is 2.21. The summed E-state index contributed by atoms with van der Waals surface area (Å²) in [5, 5.41) is 0. The maximum Gasteiger partial charge on any atom is 0.416 e. The van der Waals surface area contributed by atoms with Gasteiger partial charge in [0.05, 0.1) is 11.3 Å². The highest BCUT2D eigenvalue weighted by molar-refractivity contribution is 5.36. The highest BCUT2D eigenvalue weighted by atomic mass is 19.4. The number of hydrogen-bond donors (Lipinski definition) is 0. The highest BCUT2D eigenvalue weighted by Crippen LogP contribution is 2.29. The monoisotopic (exact) mass is 299 g/mol. The Morgan fingerprint density at radius 3 is 2.05 bits per heavy atom. The van der Waals surface area contributed by atoms with Gasteiger partial charge in [-0.2, -0.15) is 13.2 Å². The van der Waals surface area contributed by atoms with Crippen molar-refractivity contribution in [1.29, 1.82) is 0 Å². The SMILES string of the molecule is O=c1n(-c2cccc(C(F)(F)F)c2)c(=O)n2n1CCCC2. The average Bonchev–Trinajstić information content (AvgIpc) is 2.71. The average molecular weight is 299 g/mol. The molecule has 0 unspecified atom stereocenters. The third kappa shape index (κ3) is 2.20. The molecule has 0 saturated heterocycles. The smallest absolute Gasteiger partial charge is 0.246 e. The van der Waals surface area contributed by atoms with Crippen LogP contribution in [0.25, 0.3) is 5.69 Å². The van der Waals surface area contributed by atoms with Crippen molar-refractivity contribution in [3.05, 3.63) is 50.8 Å². The van der Waals surface area contributed by atoms with Crippen molar-refractivity contribution in [3.8, 4) is 5.69 Å². The second kappa shape index (κ2) is 4.64. The molecule has 0 radical (unpaired) electrons. The Bertz CT molecular complexity index is 761. The number of alkyl halides is 3. The minimum absolute atomic E-state index is 0.0609. The molecular formula is C13H12F3N3O2. The van der Waals surface area contributed by atoms with Crippen molar-refractivity contribution < 1.29 is 13.2 Å². The van der Waals surface area contributed by atoms with Crippen LogP contribution in [0.5, 0.6) is 0 Å². The lowest BCUT2D eigenvalue weighted by Crippen LogP contribution is -2.30. The van der Waals surface area contributed by atoms with E-state index in [0.717, 1.165) is 29.5 Å². The van der Waals surface area contributed by atoms with Gasteiger partial charge < -0.3 is 0 Å². The molecule has 0 bridgehead atoms. The number of rotatable bonds is 1. The molecule has 3 rings (SSSR count). The molecule has 1 aliphatic rings. The second-order valence-corrected chi connectivity index (χ2v) is 4.90. The molecule has 0 fully saturated rings. The summed E-state index contributed by atoms with van der Waals surface area (Å²) < 4.78 is 41.6. The first kappa shape index (κ1) is 13.7. The van der Waals surface area contributed by atoms with Gasteiger partial charge in [-0.3, -0.25) is 0 Å². The fourth-order valence-corrected chi connectivity index (χ4v) is 2.52. The Kier molecular flexibility index (Phi) is 3.03. The summed E-state index contributed by atoms with van der Waals surface area (Å²) in [6, 6.07) is 4.23. The largest absolute Gasteiger partial charge is 0.416 e. The summed E-state index contributed by atoms with van der Waals surface area (Å²) in [7, 11) is 0. The van der Waals surface area contributed by atoms with Crippen LogP contribution in [0.2, 0.25) is 0 Å². The molecule has 0 N–H and O–H groups in total. The van der Waals surface area contributed by atoms with Gasteiger partial charge in [0.25, 0.3) is 0 Å². The summed E-state index contributed by atoms with van der Waals surface area (Å²) >= 11 is 0. The summed E-state index contributed by atoms with van der Waals surface area (Å²) in [6.45, 7) is 0.806. The molecule has 21 heavy (non-hydrogen) atoms. The van der Waals surface area contributed by atoms with E-state index in [0.29, 0.717) is 13.1 Å². The molecule has 2 heterocycles. The predicted octanol–water partition coefficient (Wildman–Crippen LogP) is 1.61. The zero-order valence-corrected chi connectivity index (χ0v) is 10.9. The van der Waals surface area contributed by atoms with Gasteiger partial charge in [-0.15, -0.1) is 0 Å². The van der Waals surface area contributed by atoms with E-state index >= 15 is 0 Å². The van der Waals surface area contributed by atoms with Crippen LogP contribution in [0.3, 0.4) is 0 Å². The van der Waals surface area contributed by atoms with Gasteiger partial charge >= 0.3 is 17.6 Å². The molecule has 0 aliphatic carbocycles. The lowest BCUT2D eigenvalue weighted by Gasteiger charge is -2.13. The molecule has 1 aromatic carbocycles. The molecule has 0 amide bonds. The van der Waals surface area contributed by atoms with Crippen LogP contribution in [0.1, 0.15) is 18.4 Å². The van der Waals surface area contributed by atoms with E-state index < -0.39 is 23.1 Å². The number of benzene rings is 1. The van der Waals surface area contributed by atoms with Crippen molar-refractivity contribution in [3.63, 3.8) is 0 Å². The number of halogens is 3. The number of aromatic nitrogens is 3. The van der Waals surface area contributed by atoms with Crippen molar-refractivity contribution in [1.82, 2.24) is 13.9 Å². The van der Waals surface area contributed by atoms with Crippen molar-refractivity contribution in [2.24, 2.45) is 0 Å². The summed E-state index contributed by atoms with van der Waals surface area (Å²) in [6.07, 6.45) is -2.98. The number of hydrogen-bond acceptors (Lipinski definition) is 2. The Morgan fingerprint density at radius 2 is 1.52 bits per heavy atom. The molecule has 1 aromatic heterocycles. The van der Waals surface area contributed by atoms with Crippen LogP contribution in [0.4, 0.5) is 13.2 Å². The standard InChI is InChI=1S/C13H12F3N3O2/c14-13(15,16)9-4-3-5-10(8-9)19-11(20)17-6-1-2-7-18(17)12(19)21/h3-5,8H,1-2,6-7H2. The van der Waals surface area contributed by atoms with Crippen LogP contribution in [-0.2, 0) is 19.3 Å². The van der Waals surface area contributed by atoms with Gasteiger partial charge in [0, 0.05) is 13.1 Å². The molecule has 8 heteroatoms. The minimum atomic E-state index is -4.52. The van der Waals surface area contributed by atoms with Gasteiger partial charge in [-0.05, 0) is 31.0 Å². The third-order valence-electron chi connectivity index (χ3n) is 3.54. The van der Waals surface area contributed by atoms with Gasteiger partial charge in [-0.25, -0.2) is 23.5 Å². The van der Waals surface area contributed by atoms with E-state index in [4.69, 9.17) is 0 Å². The molecule has 1 aliphatic heterocycles. The quantitative estimate of drug-likeness (QED) is 0.803. The maximum absolute atomic E-state index is 12.7. The Morgan fingerprint density at radius 1 is 0.952 bits per heavy atom. The Hall–Kier alpha value is -2.25. The molecule has 0 saturated carbocycles. The molecule has 112 valence electrons. The molecule has 5 nitrogen and oxygen atoms in total. The number of nitrogens with zero attached hydrogens (tertiary/aromatic N) is 3. The minimum Gasteiger partial charge on any atom is -0.246 e. The zero-order valence-electron chi connectivity index (χ0n) is 10.9. The molecular weight excluding hydrogens is 287 g/mol. The second-order valence-electron chi connectivity index (χ2n) is 4.90. The van der Waals surface area contributed by atoms with Gasteiger partial charge in [0.15, 0.2) is 0 Å². The van der Waals surface area contributed by atoms with E-state index in [1.54, 1.807) is 0 Å². The fraction of sp³-hybridized carbons (Fsp3) is 0.385. The molecule has 0 atom stereocenters. The van der Waals surface area contributed by atoms with Gasteiger partial charge in [0.1, 0.15) is 0 Å². The topological polar surface area (TPSA) is 48.9 Å². The zero-order chi connectivity index (χ0) is 15.2. The first-order valence-electron chi connectivity index (χ1n) is 6.50. The maximum atomic E-state index is 12.7. The van der Waals surface area contributed by atoms with Crippen LogP contribution >= 0.6 is 0 Å².